The van der Waals surface area contributed by atoms with Crippen LogP contribution < -0.4 is 10.9 Å². The first-order valence-corrected chi connectivity index (χ1v) is 9.94. The Bertz CT molecular complexity index is 949. The van der Waals surface area contributed by atoms with Gasteiger partial charge in [0.05, 0.1) is 12.2 Å². The Kier molecular flexibility index (Phi) is 6.59. The molecule has 3 rings (SSSR count). The number of benzene rings is 1. The maximum Gasteiger partial charge on any atom is 0.319 e. The standard InChI is InChI=1S/C21H25ClN4O3/c1-24(2)21(29)25-11-9-15(10-12-25)20(28)23-17-7-8-19(27)26(14-17)13-16-5-3-4-6-18(16)22/h3-8,14-15H,9-13H2,1-2H3,(H,23,28). The molecule has 1 aliphatic heterocycles. The molecule has 1 saturated heterocycles. The number of hydrogen-bond donors (Lipinski definition) is 1. The van der Waals surface area contributed by atoms with E-state index in [0.29, 0.717) is 43.2 Å². The van der Waals surface area contributed by atoms with Crippen molar-refractivity contribution in [3.05, 3.63) is 63.5 Å². The van der Waals surface area contributed by atoms with E-state index < -0.39 is 0 Å². The van der Waals surface area contributed by atoms with E-state index in [1.807, 2.05) is 18.2 Å². The molecule has 1 N–H and O–H groups in total. The second kappa shape index (κ2) is 9.13. The fourth-order valence-electron chi connectivity index (χ4n) is 3.40. The minimum atomic E-state index is -0.168. The van der Waals surface area contributed by atoms with Crippen molar-refractivity contribution in [3.8, 4) is 0 Å². The minimum Gasteiger partial charge on any atom is -0.331 e. The molecule has 2 aromatic rings. The van der Waals surface area contributed by atoms with Crippen molar-refractivity contribution in [3.63, 3.8) is 0 Å². The highest BCUT2D eigenvalue weighted by Gasteiger charge is 2.28. The zero-order valence-electron chi connectivity index (χ0n) is 16.6. The van der Waals surface area contributed by atoms with Crippen LogP contribution in [0.1, 0.15) is 18.4 Å². The Balaban J connectivity index is 1.63. The molecule has 0 aliphatic carbocycles. The number of piperidine rings is 1. The third kappa shape index (κ3) is 5.17. The minimum absolute atomic E-state index is 0.0319. The van der Waals surface area contributed by atoms with Crippen LogP contribution in [0.5, 0.6) is 0 Å². The lowest BCUT2D eigenvalue weighted by atomic mass is 9.96. The van der Waals surface area contributed by atoms with Crippen molar-refractivity contribution in [1.82, 2.24) is 14.4 Å². The van der Waals surface area contributed by atoms with Gasteiger partial charge >= 0.3 is 6.03 Å². The molecule has 7 nitrogen and oxygen atoms in total. The van der Waals surface area contributed by atoms with Crippen LogP contribution in [0, 0.1) is 5.92 Å². The van der Waals surface area contributed by atoms with Crippen LogP contribution in [-0.4, -0.2) is 53.5 Å². The van der Waals surface area contributed by atoms with E-state index in [2.05, 4.69) is 5.32 Å². The molecule has 3 amide bonds. The fraction of sp³-hybridized carbons (Fsp3) is 0.381. The first-order valence-electron chi connectivity index (χ1n) is 9.56. The van der Waals surface area contributed by atoms with Gasteiger partial charge in [-0.15, -0.1) is 0 Å². The number of pyridine rings is 1. The van der Waals surface area contributed by atoms with Gasteiger partial charge in [0.2, 0.25) is 5.91 Å². The number of carbonyl (C=O) groups excluding carboxylic acids is 2. The number of rotatable bonds is 4. The zero-order valence-corrected chi connectivity index (χ0v) is 17.4. The maximum atomic E-state index is 12.7. The number of urea groups is 1. The van der Waals surface area contributed by atoms with Crippen LogP contribution in [0.2, 0.25) is 5.02 Å². The molecule has 1 aromatic carbocycles. The first kappa shape index (κ1) is 20.9. The molecule has 0 radical (unpaired) electrons. The van der Waals surface area contributed by atoms with E-state index in [9.17, 15) is 14.4 Å². The van der Waals surface area contributed by atoms with Crippen molar-refractivity contribution >= 4 is 29.2 Å². The number of hydrogen-bond acceptors (Lipinski definition) is 3. The number of aromatic nitrogens is 1. The number of halogens is 1. The van der Waals surface area contributed by atoms with Crippen LogP contribution >= 0.6 is 11.6 Å². The van der Waals surface area contributed by atoms with Crippen LogP contribution in [0.15, 0.2) is 47.4 Å². The monoisotopic (exact) mass is 416 g/mol. The highest BCUT2D eigenvalue weighted by Crippen LogP contribution is 2.20. The van der Waals surface area contributed by atoms with Crippen LogP contribution in [-0.2, 0) is 11.3 Å². The van der Waals surface area contributed by atoms with E-state index >= 15 is 0 Å². The summed E-state index contributed by atoms with van der Waals surface area (Å²) in [7, 11) is 3.44. The molecule has 0 atom stereocenters. The second-order valence-electron chi connectivity index (χ2n) is 7.40. The molecule has 0 bridgehead atoms. The summed E-state index contributed by atoms with van der Waals surface area (Å²) in [5.74, 6) is -0.255. The Hall–Kier alpha value is -2.80. The lowest BCUT2D eigenvalue weighted by Gasteiger charge is -2.33. The molecule has 1 aromatic heterocycles. The van der Waals surface area contributed by atoms with Crippen LogP contribution in [0.3, 0.4) is 0 Å². The molecule has 0 spiro atoms. The SMILES string of the molecule is CN(C)C(=O)N1CCC(C(=O)Nc2ccc(=O)n(Cc3ccccc3Cl)c2)CC1. The van der Waals surface area contributed by atoms with E-state index in [0.717, 1.165) is 5.56 Å². The number of likely N-dealkylation sites (tertiary alicyclic amines) is 1. The van der Waals surface area contributed by atoms with E-state index in [4.69, 9.17) is 11.6 Å². The average Bonchev–Trinajstić information content (AvgIpc) is 2.71. The summed E-state index contributed by atoms with van der Waals surface area (Å²) in [5, 5.41) is 3.49. The first-order chi connectivity index (χ1) is 13.8. The van der Waals surface area contributed by atoms with Crippen molar-refractivity contribution in [2.24, 2.45) is 5.92 Å². The summed E-state index contributed by atoms with van der Waals surface area (Å²) in [4.78, 5) is 40.2. The average molecular weight is 417 g/mol. The van der Waals surface area contributed by atoms with Gasteiger partial charge in [-0.1, -0.05) is 29.8 Å². The zero-order chi connectivity index (χ0) is 21.0. The van der Waals surface area contributed by atoms with Gasteiger partial charge in [0.1, 0.15) is 0 Å². The molecule has 2 heterocycles. The fourth-order valence-corrected chi connectivity index (χ4v) is 3.59. The van der Waals surface area contributed by atoms with Gasteiger partial charge in [-0.25, -0.2) is 4.79 Å². The van der Waals surface area contributed by atoms with E-state index in [-0.39, 0.29) is 23.4 Å². The summed E-state index contributed by atoms with van der Waals surface area (Å²) in [6.07, 6.45) is 2.86. The van der Waals surface area contributed by atoms with Crippen molar-refractivity contribution in [2.75, 3.05) is 32.5 Å². The molecule has 29 heavy (non-hydrogen) atoms. The Morgan fingerprint density at radius 1 is 1.14 bits per heavy atom. The second-order valence-corrected chi connectivity index (χ2v) is 7.81. The molecule has 0 unspecified atom stereocenters. The topological polar surface area (TPSA) is 74.7 Å². The summed E-state index contributed by atoms with van der Waals surface area (Å²) >= 11 is 6.19. The van der Waals surface area contributed by atoms with Gasteiger partial charge in [-0.05, 0) is 30.5 Å². The molecule has 1 aliphatic rings. The van der Waals surface area contributed by atoms with Gasteiger partial charge < -0.3 is 19.7 Å². The number of anilines is 1. The van der Waals surface area contributed by atoms with Crippen LogP contribution in [0.4, 0.5) is 10.5 Å². The van der Waals surface area contributed by atoms with E-state index in [1.54, 1.807) is 42.2 Å². The maximum absolute atomic E-state index is 12.7. The van der Waals surface area contributed by atoms with Crippen molar-refractivity contribution in [1.29, 1.82) is 0 Å². The number of nitrogens with zero attached hydrogens (tertiary/aromatic N) is 3. The number of amides is 3. The van der Waals surface area contributed by atoms with Gasteiger partial charge in [0.25, 0.3) is 5.56 Å². The molecule has 0 saturated carbocycles. The molecular formula is C21H25ClN4O3. The Morgan fingerprint density at radius 3 is 2.48 bits per heavy atom. The molecule has 154 valence electrons. The summed E-state index contributed by atoms with van der Waals surface area (Å²) in [6, 6.07) is 10.4. The van der Waals surface area contributed by atoms with Crippen molar-refractivity contribution < 1.29 is 9.59 Å². The van der Waals surface area contributed by atoms with Gasteiger partial charge in [-0.3, -0.25) is 9.59 Å². The molecule has 1 fully saturated rings. The number of carbonyl (C=O) groups is 2. The highest BCUT2D eigenvalue weighted by molar-refractivity contribution is 6.31. The lowest BCUT2D eigenvalue weighted by molar-refractivity contribution is -0.121. The Morgan fingerprint density at radius 2 is 1.83 bits per heavy atom. The van der Waals surface area contributed by atoms with E-state index in [1.165, 1.54) is 10.6 Å². The van der Waals surface area contributed by atoms with Gasteiger partial charge in [-0.2, -0.15) is 0 Å². The molecular weight excluding hydrogens is 392 g/mol. The summed E-state index contributed by atoms with van der Waals surface area (Å²) in [6.45, 7) is 1.44. The quantitative estimate of drug-likeness (QED) is 0.832. The summed E-state index contributed by atoms with van der Waals surface area (Å²) < 4.78 is 1.52. The normalized spacial score (nSPS) is 14.5. The number of nitrogens with one attached hydrogen (secondary N) is 1. The molecule has 8 heteroatoms. The Labute approximate surface area is 174 Å². The van der Waals surface area contributed by atoms with Crippen molar-refractivity contribution in [2.45, 2.75) is 19.4 Å². The predicted octanol–water partition coefficient (Wildman–Crippen LogP) is 2.88. The van der Waals surface area contributed by atoms with Gasteiger partial charge in [0.15, 0.2) is 0 Å². The van der Waals surface area contributed by atoms with Gasteiger partial charge in [0, 0.05) is 50.4 Å². The predicted molar refractivity (Wildman–Crippen MR) is 113 cm³/mol. The smallest absolute Gasteiger partial charge is 0.319 e. The lowest BCUT2D eigenvalue weighted by Crippen LogP contribution is -2.45. The third-order valence-corrected chi connectivity index (χ3v) is 5.44. The summed E-state index contributed by atoms with van der Waals surface area (Å²) in [5.41, 5.74) is 1.23. The third-order valence-electron chi connectivity index (χ3n) is 5.07. The highest BCUT2D eigenvalue weighted by atomic mass is 35.5. The largest absolute Gasteiger partial charge is 0.331 e. The van der Waals surface area contributed by atoms with Crippen LogP contribution in [0.25, 0.3) is 0 Å².